The fourth-order valence-electron chi connectivity index (χ4n) is 1.82. The topological polar surface area (TPSA) is 35.5 Å². The highest BCUT2D eigenvalue weighted by Crippen LogP contribution is 2.35. The van der Waals surface area contributed by atoms with E-state index in [9.17, 15) is 4.79 Å². The second-order valence-electron chi connectivity index (χ2n) is 4.42. The number of hydrogen-bond donors (Lipinski definition) is 0. The molecule has 3 nitrogen and oxygen atoms in total. The molecule has 0 heterocycles. The van der Waals surface area contributed by atoms with Crippen molar-refractivity contribution in [2.45, 2.75) is 13.0 Å². The average molecular weight is 325 g/mol. The number of methoxy groups -OCH3 is 1. The van der Waals surface area contributed by atoms with Gasteiger partial charge in [0.25, 0.3) is 0 Å². The summed E-state index contributed by atoms with van der Waals surface area (Å²) in [5.41, 5.74) is 1.70. The summed E-state index contributed by atoms with van der Waals surface area (Å²) in [5.74, 6) is 0.0656. The molecule has 0 aliphatic heterocycles. The van der Waals surface area contributed by atoms with Gasteiger partial charge in [-0.25, -0.2) is 0 Å². The van der Waals surface area contributed by atoms with Gasteiger partial charge < -0.3 is 9.47 Å². The number of ether oxygens (including phenoxy) is 2. The smallest absolute Gasteiger partial charge is 0.309 e. The van der Waals surface area contributed by atoms with Crippen LogP contribution in [-0.4, -0.2) is 13.1 Å². The van der Waals surface area contributed by atoms with Gasteiger partial charge >= 0.3 is 5.97 Å². The molecule has 0 saturated carbocycles. The van der Waals surface area contributed by atoms with Crippen molar-refractivity contribution >= 4 is 29.2 Å². The molecule has 0 aliphatic carbocycles. The van der Waals surface area contributed by atoms with Crippen molar-refractivity contribution in [2.24, 2.45) is 0 Å². The van der Waals surface area contributed by atoms with Gasteiger partial charge in [0.15, 0.2) is 5.75 Å². The molecule has 0 fully saturated rings. The van der Waals surface area contributed by atoms with Crippen molar-refractivity contribution < 1.29 is 14.3 Å². The van der Waals surface area contributed by atoms with Crippen molar-refractivity contribution in [1.29, 1.82) is 0 Å². The van der Waals surface area contributed by atoms with Gasteiger partial charge in [-0.15, -0.1) is 0 Å². The number of halogens is 2. The van der Waals surface area contributed by atoms with E-state index in [-0.39, 0.29) is 12.4 Å². The van der Waals surface area contributed by atoms with Crippen molar-refractivity contribution in [3.05, 3.63) is 63.6 Å². The zero-order valence-electron chi connectivity index (χ0n) is 11.4. The zero-order chi connectivity index (χ0) is 15.2. The van der Waals surface area contributed by atoms with Crippen molar-refractivity contribution in [3.8, 4) is 5.75 Å². The van der Waals surface area contributed by atoms with Crippen LogP contribution in [0.3, 0.4) is 0 Å². The van der Waals surface area contributed by atoms with Gasteiger partial charge in [-0.1, -0.05) is 53.5 Å². The largest absolute Gasteiger partial charge is 0.486 e. The summed E-state index contributed by atoms with van der Waals surface area (Å²) in [5, 5.41) is 0.745. The summed E-state index contributed by atoms with van der Waals surface area (Å²) >= 11 is 12.3. The Labute approximate surface area is 133 Å². The molecule has 0 radical (unpaired) electrons. The molecule has 2 rings (SSSR count). The van der Waals surface area contributed by atoms with Crippen molar-refractivity contribution in [1.82, 2.24) is 0 Å². The van der Waals surface area contributed by atoms with E-state index in [2.05, 4.69) is 4.74 Å². The monoisotopic (exact) mass is 324 g/mol. The Hall–Kier alpha value is -1.71. The third-order valence-electron chi connectivity index (χ3n) is 2.86. The summed E-state index contributed by atoms with van der Waals surface area (Å²) in [6.07, 6.45) is 0.120. The minimum atomic E-state index is -0.347. The highest BCUT2D eigenvalue weighted by Gasteiger charge is 2.12. The molecule has 0 N–H and O–H groups in total. The van der Waals surface area contributed by atoms with E-state index in [4.69, 9.17) is 27.9 Å². The molecule has 0 spiro atoms. The van der Waals surface area contributed by atoms with Gasteiger partial charge in [0.1, 0.15) is 6.61 Å². The third kappa shape index (κ3) is 4.38. The normalized spacial score (nSPS) is 10.2. The predicted molar refractivity (Wildman–Crippen MR) is 83.0 cm³/mol. The summed E-state index contributed by atoms with van der Waals surface area (Å²) < 4.78 is 10.3. The van der Waals surface area contributed by atoms with Gasteiger partial charge in [-0.2, -0.15) is 0 Å². The van der Waals surface area contributed by atoms with Crippen LogP contribution < -0.4 is 4.74 Å². The Kier molecular flexibility index (Phi) is 5.48. The predicted octanol–water partition coefficient (Wildman–Crippen LogP) is 4.29. The van der Waals surface area contributed by atoms with Gasteiger partial charge in [-0.3, -0.25) is 4.79 Å². The average Bonchev–Trinajstić information content (AvgIpc) is 2.47. The standard InChI is InChI=1S/C16H14Cl2O3/c1-20-15(19)9-12-7-13(17)16(14(18)8-12)21-10-11-5-3-2-4-6-11/h2-8H,9-10H2,1H3. The summed E-state index contributed by atoms with van der Waals surface area (Å²) in [6.45, 7) is 0.372. The van der Waals surface area contributed by atoms with Gasteiger partial charge in [-0.05, 0) is 23.3 Å². The summed E-state index contributed by atoms with van der Waals surface area (Å²) in [6, 6.07) is 13.0. The quantitative estimate of drug-likeness (QED) is 0.770. The van der Waals surface area contributed by atoms with Crippen LogP contribution in [0.4, 0.5) is 0 Å². The molecule has 5 heteroatoms. The van der Waals surface area contributed by atoms with Crippen molar-refractivity contribution in [3.63, 3.8) is 0 Å². The minimum Gasteiger partial charge on any atom is -0.486 e. The molecule has 110 valence electrons. The molecule has 0 aromatic heterocycles. The lowest BCUT2D eigenvalue weighted by molar-refractivity contribution is -0.139. The molecule has 21 heavy (non-hydrogen) atoms. The molecule has 0 amide bonds. The van der Waals surface area contributed by atoms with Crippen LogP contribution in [0.2, 0.25) is 10.0 Å². The lowest BCUT2D eigenvalue weighted by Crippen LogP contribution is -2.05. The van der Waals surface area contributed by atoms with E-state index in [0.29, 0.717) is 28.0 Å². The number of carbonyl (C=O) groups excluding carboxylic acids is 1. The Balaban J connectivity index is 2.12. The maximum atomic E-state index is 11.3. The first-order valence-electron chi connectivity index (χ1n) is 6.31. The Morgan fingerprint density at radius 2 is 1.67 bits per heavy atom. The fourth-order valence-corrected chi connectivity index (χ4v) is 2.46. The lowest BCUT2D eigenvalue weighted by atomic mass is 10.1. The Morgan fingerprint density at radius 3 is 2.24 bits per heavy atom. The zero-order valence-corrected chi connectivity index (χ0v) is 12.9. The molecule has 0 saturated heterocycles. The van der Waals surface area contributed by atoms with E-state index in [0.717, 1.165) is 5.56 Å². The number of esters is 1. The summed E-state index contributed by atoms with van der Waals surface area (Å²) in [7, 11) is 1.34. The van der Waals surface area contributed by atoms with E-state index < -0.39 is 0 Å². The maximum absolute atomic E-state index is 11.3. The summed E-state index contributed by atoms with van der Waals surface area (Å²) in [4.78, 5) is 11.3. The molecular formula is C16H14Cl2O3. The van der Waals surface area contributed by atoms with Crippen LogP contribution in [0.25, 0.3) is 0 Å². The first-order valence-corrected chi connectivity index (χ1v) is 7.07. The second kappa shape index (κ2) is 7.34. The first-order chi connectivity index (χ1) is 10.1. The van der Waals surface area contributed by atoms with Gasteiger partial charge in [0.05, 0.1) is 23.6 Å². The van der Waals surface area contributed by atoms with E-state index in [1.54, 1.807) is 12.1 Å². The van der Waals surface area contributed by atoms with Crippen LogP contribution in [0, 0.1) is 0 Å². The van der Waals surface area contributed by atoms with E-state index >= 15 is 0 Å². The highest BCUT2D eigenvalue weighted by molar-refractivity contribution is 6.37. The second-order valence-corrected chi connectivity index (χ2v) is 5.23. The molecule has 2 aromatic rings. The van der Waals surface area contributed by atoms with Crippen LogP contribution in [0.1, 0.15) is 11.1 Å². The molecule has 0 aliphatic rings. The van der Waals surface area contributed by atoms with Crippen LogP contribution in [0.5, 0.6) is 5.75 Å². The highest BCUT2D eigenvalue weighted by atomic mass is 35.5. The van der Waals surface area contributed by atoms with E-state index in [1.807, 2.05) is 30.3 Å². The molecule has 0 bridgehead atoms. The number of rotatable bonds is 5. The maximum Gasteiger partial charge on any atom is 0.309 e. The SMILES string of the molecule is COC(=O)Cc1cc(Cl)c(OCc2ccccc2)c(Cl)c1. The minimum absolute atomic E-state index is 0.120. The van der Waals surface area contributed by atoms with Crippen LogP contribution in [0.15, 0.2) is 42.5 Å². The number of benzene rings is 2. The Bertz CT molecular complexity index is 604. The Morgan fingerprint density at radius 1 is 1.05 bits per heavy atom. The van der Waals surface area contributed by atoms with Crippen LogP contribution in [-0.2, 0) is 22.6 Å². The van der Waals surface area contributed by atoms with Gasteiger partial charge in [0.2, 0.25) is 0 Å². The molecule has 0 unspecified atom stereocenters. The van der Waals surface area contributed by atoms with Gasteiger partial charge in [0, 0.05) is 0 Å². The van der Waals surface area contributed by atoms with E-state index in [1.165, 1.54) is 7.11 Å². The number of carbonyl (C=O) groups is 1. The third-order valence-corrected chi connectivity index (χ3v) is 3.42. The molecular weight excluding hydrogens is 311 g/mol. The number of hydrogen-bond acceptors (Lipinski definition) is 3. The van der Waals surface area contributed by atoms with Crippen molar-refractivity contribution in [2.75, 3.05) is 7.11 Å². The molecule has 0 atom stereocenters. The fraction of sp³-hybridized carbons (Fsp3) is 0.188. The lowest BCUT2D eigenvalue weighted by Gasteiger charge is -2.11. The first kappa shape index (κ1) is 15.7. The molecule has 2 aromatic carbocycles. The van der Waals surface area contributed by atoms with Crippen LogP contribution >= 0.6 is 23.2 Å².